The third-order valence-electron chi connectivity index (χ3n) is 3.31. The summed E-state index contributed by atoms with van der Waals surface area (Å²) in [5, 5.41) is 11.8. The van der Waals surface area contributed by atoms with E-state index in [0.29, 0.717) is 23.7 Å². The molecule has 4 nitrogen and oxygen atoms in total. The molecule has 0 unspecified atom stereocenters. The number of carbonyl (C=O) groups is 1. The van der Waals surface area contributed by atoms with Crippen molar-refractivity contribution in [2.45, 2.75) is 39.7 Å². The first-order valence-electron chi connectivity index (χ1n) is 7.11. The van der Waals surface area contributed by atoms with E-state index in [9.17, 15) is 4.79 Å². The maximum atomic E-state index is 11.9. The van der Waals surface area contributed by atoms with Crippen LogP contribution in [0.15, 0.2) is 24.3 Å². The van der Waals surface area contributed by atoms with Crippen LogP contribution in [0.3, 0.4) is 0 Å². The van der Waals surface area contributed by atoms with E-state index in [0.717, 1.165) is 19.5 Å². The quantitative estimate of drug-likeness (QED) is 0.831. The molecule has 0 aliphatic rings. The molecule has 1 rings (SSSR count). The minimum atomic E-state index is -0.0347. The Balaban J connectivity index is 2.43. The van der Waals surface area contributed by atoms with Gasteiger partial charge in [-0.2, -0.15) is 5.26 Å². The van der Waals surface area contributed by atoms with E-state index in [1.807, 2.05) is 6.07 Å². The fourth-order valence-electron chi connectivity index (χ4n) is 2.13. The third kappa shape index (κ3) is 5.02. The first-order chi connectivity index (χ1) is 9.58. The molecule has 0 aliphatic heterocycles. The molecule has 1 amide bonds. The average molecular weight is 273 g/mol. The highest BCUT2D eigenvalue weighted by molar-refractivity contribution is 5.92. The Morgan fingerprint density at radius 2 is 2.10 bits per heavy atom. The van der Waals surface area contributed by atoms with Gasteiger partial charge >= 0.3 is 0 Å². The lowest BCUT2D eigenvalue weighted by molar-refractivity contribution is -0.116. The Morgan fingerprint density at radius 1 is 1.40 bits per heavy atom. The molecule has 1 N–H and O–H groups in total. The summed E-state index contributed by atoms with van der Waals surface area (Å²) in [7, 11) is 0. The second kappa shape index (κ2) is 8.34. The second-order valence-electron chi connectivity index (χ2n) is 5.03. The minimum absolute atomic E-state index is 0.0347. The highest BCUT2D eigenvalue weighted by Crippen LogP contribution is 2.14. The second-order valence-corrected chi connectivity index (χ2v) is 5.03. The minimum Gasteiger partial charge on any atom is -0.325 e. The summed E-state index contributed by atoms with van der Waals surface area (Å²) >= 11 is 0. The summed E-state index contributed by atoms with van der Waals surface area (Å²) in [6.07, 6.45) is 1.30. The van der Waals surface area contributed by atoms with Crippen molar-refractivity contribution in [2.24, 2.45) is 0 Å². The van der Waals surface area contributed by atoms with Gasteiger partial charge in [0.05, 0.1) is 11.3 Å². The van der Waals surface area contributed by atoms with Gasteiger partial charge in [-0.1, -0.05) is 19.1 Å². The summed E-state index contributed by atoms with van der Waals surface area (Å²) in [6.45, 7) is 8.36. The monoisotopic (exact) mass is 273 g/mol. The van der Waals surface area contributed by atoms with Gasteiger partial charge in [0.1, 0.15) is 6.07 Å². The van der Waals surface area contributed by atoms with Crippen LogP contribution < -0.4 is 5.32 Å². The van der Waals surface area contributed by atoms with Crippen molar-refractivity contribution >= 4 is 11.6 Å². The number of amides is 1. The van der Waals surface area contributed by atoms with Crippen LogP contribution in [0.2, 0.25) is 0 Å². The van der Waals surface area contributed by atoms with Crippen LogP contribution >= 0.6 is 0 Å². The molecule has 0 fully saturated rings. The largest absolute Gasteiger partial charge is 0.325 e. The number of nitrogens with zero attached hydrogens (tertiary/aromatic N) is 2. The number of nitrogens with one attached hydrogen (secondary N) is 1. The molecule has 4 heteroatoms. The molecule has 0 aromatic heterocycles. The van der Waals surface area contributed by atoms with Gasteiger partial charge in [0.15, 0.2) is 0 Å². The van der Waals surface area contributed by atoms with Crippen molar-refractivity contribution in [2.75, 3.05) is 18.4 Å². The molecular weight excluding hydrogens is 250 g/mol. The van der Waals surface area contributed by atoms with Gasteiger partial charge in [0.2, 0.25) is 5.91 Å². The Kier molecular flexibility index (Phi) is 6.75. The van der Waals surface area contributed by atoms with Gasteiger partial charge in [-0.05, 0) is 45.5 Å². The molecule has 108 valence electrons. The van der Waals surface area contributed by atoms with Crippen LogP contribution in [0.5, 0.6) is 0 Å². The molecule has 0 radical (unpaired) electrons. The van der Waals surface area contributed by atoms with Gasteiger partial charge < -0.3 is 10.2 Å². The van der Waals surface area contributed by atoms with Gasteiger partial charge in [-0.25, -0.2) is 0 Å². The highest BCUT2D eigenvalue weighted by Gasteiger charge is 2.09. The maximum absolute atomic E-state index is 11.9. The summed E-state index contributed by atoms with van der Waals surface area (Å²) < 4.78 is 0. The summed E-state index contributed by atoms with van der Waals surface area (Å²) in [5.74, 6) is -0.0347. The SMILES string of the molecule is CCN(CCCC(=O)Nc1ccccc1C#N)C(C)C. The maximum Gasteiger partial charge on any atom is 0.224 e. The summed E-state index contributed by atoms with van der Waals surface area (Å²) in [6, 6.07) is 9.63. The number of para-hydroxylation sites is 1. The van der Waals surface area contributed by atoms with Crippen LogP contribution in [-0.4, -0.2) is 29.9 Å². The fourth-order valence-corrected chi connectivity index (χ4v) is 2.13. The first kappa shape index (κ1) is 16.2. The Labute approximate surface area is 121 Å². The van der Waals surface area contributed by atoms with Crippen molar-refractivity contribution in [1.82, 2.24) is 4.90 Å². The number of rotatable bonds is 7. The molecule has 0 bridgehead atoms. The molecule has 0 saturated carbocycles. The first-order valence-corrected chi connectivity index (χ1v) is 7.11. The van der Waals surface area contributed by atoms with E-state index >= 15 is 0 Å². The molecular formula is C16H23N3O. The number of anilines is 1. The normalized spacial score (nSPS) is 10.6. The summed E-state index contributed by atoms with van der Waals surface area (Å²) in [4.78, 5) is 14.2. The molecule has 0 aliphatic carbocycles. The van der Waals surface area contributed by atoms with Crippen molar-refractivity contribution in [3.05, 3.63) is 29.8 Å². The van der Waals surface area contributed by atoms with Crippen LogP contribution in [0, 0.1) is 11.3 Å². The smallest absolute Gasteiger partial charge is 0.224 e. The van der Waals surface area contributed by atoms with Crippen LogP contribution in [0.4, 0.5) is 5.69 Å². The number of hydrogen-bond acceptors (Lipinski definition) is 3. The van der Waals surface area contributed by atoms with Crippen LogP contribution in [-0.2, 0) is 4.79 Å². The predicted octanol–water partition coefficient (Wildman–Crippen LogP) is 3.01. The van der Waals surface area contributed by atoms with Crippen LogP contribution in [0.1, 0.15) is 39.2 Å². The van der Waals surface area contributed by atoms with Gasteiger partial charge in [0, 0.05) is 12.5 Å². The lowest BCUT2D eigenvalue weighted by Crippen LogP contribution is -2.32. The van der Waals surface area contributed by atoms with Gasteiger partial charge in [0.25, 0.3) is 0 Å². The van der Waals surface area contributed by atoms with E-state index in [1.165, 1.54) is 0 Å². The Morgan fingerprint density at radius 3 is 2.70 bits per heavy atom. The lowest BCUT2D eigenvalue weighted by Gasteiger charge is -2.24. The Bertz CT molecular complexity index is 477. The topological polar surface area (TPSA) is 56.1 Å². The number of benzene rings is 1. The number of nitriles is 1. The Hall–Kier alpha value is -1.86. The van der Waals surface area contributed by atoms with E-state index in [-0.39, 0.29) is 5.91 Å². The predicted molar refractivity (Wildman–Crippen MR) is 81.4 cm³/mol. The van der Waals surface area contributed by atoms with Crippen molar-refractivity contribution in [3.63, 3.8) is 0 Å². The number of carbonyl (C=O) groups excluding carboxylic acids is 1. The lowest BCUT2D eigenvalue weighted by atomic mass is 10.2. The third-order valence-corrected chi connectivity index (χ3v) is 3.31. The standard InChI is InChI=1S/C16H23N3O/c1-4-19(13(2)3)11-7-10-16(20)18-15-9-6-5-8-14(15)12-17/h5-6,8-9,13H,4,7,10-11H2,1-3H3,(H,18,20). The van der Waals surface area contributed by atoms with Gasteiger partial charge in [-0.3, -0.25) is 4.79 Å². The van der Waals surface area contributed by atoms with E-state index in [4.69, 9.17) is 5.26 Å². The molecule has 0 spiro atoms. The molecule has 20 heavy (non-hydrogen) atoms. The zero-order valence-corrected chi connectivity index (χ0v) is 12.5. The highest BCUT2D eigenvalue weighted by atomic mass is 16.1. The van der Waals surface area contributed by atoms with E-state index in [1.54, 1.807) is 18.2 Å². The average Bonchev–Trinajstić information content (AvgIpc) is 2.43. The summed E-state index contributed by atoms with van der Waals surface area (Å²) in [5.41, 5.74) is 1.09. The molecule has 0 atom stereocenters. The molecule has 1 aromatic carbocycles. The van der Waals surface area contributed by atoms with E-state index in [2.05, 4.69) is 37.1 Å². The van der Waals surface area contributed by atoms with Crippen molar-refractivity contribution in [1.29, 1.82) is 5.26 Å². The zero-order chi connectivity index (χ0) is 15.0. The van der Waals surface area contributed by atoms with Crippen molar-refractivity contribution in [3.8, 4) is 6.07 Å². The van der Waals surface area contributed by atoms with Crippen molar-refractivity contribution < 1.29 is 4.79 Å². The van der Waals surface area contributed by atoms with Gasteiger partial charge in [-0.15, -0.1) is 0 Å². The molecule has 0 heterocycles. The van der Waals surface area contributed by atoms with E-state index < -0.39 is 0 Å². The number of hydrogen-bond donors (Lipinski definition) is 1. The molecule has 1 aromatic rings. The fraction of sp³-hybridized carbons (Fsp3) is 0.500. The zero-order valence-electron chi connectivity index (χ0n) is 12.5. The van der Waals surface area contributed by atoms with Crippen LogP contribution in [0.25, 0.3) is 0 Å². The molecule has 0 saturated heterocycles.